The van der Waals surface area contributed by atoms with E-state index < -0.39 is 62.9 Å². The second-order valence-electron chi connectivity index (χ2n) is 40.1. The normalized spacial score (nSPS) is 18.2. The van der Waals surface area contributed by atoms with Crippen molar-refractivity contribution in [3.8, 4) is 17.2 Å². The first kappa shape index (κ1) is 102. The predicted octanol–water partition coefficient (Wildman–Crippen LogP) is 15.9. The molecular weight excluding hydrogens is 1780 g/mol. The Morgan fingerprint density at radius 1 is 0.457 bits per heavy atom. The summed E-state index contributed by atoms with van der Waals surface area (Å²) in [6, 6.07) is 17.4. The van der Waals surface area contributed by atoms with Crippen LogP contribution in [0, 0.1) is 38.7 Å². The van der Waals surface area contributed by atoms with E-state index in [1.54, 1.807) is 155 Å². The number of rotatable bonds is 20. The number of methoxy groups -OCH3 is 3. The zero-order valence-electron chi connectivity index (χ0n) is 82.6. The van der Waals surface area contributed by atoms with Crippen molar-refractivity contribution < 1.29 is 70.1 Å². The SMILES string of the molecule is CC(=O)Nc1c(F)ccc(Nc2ncc3c(n2)N(C2CCCC2)CC(C)(C)C(=O)N3C)c1F.CNC(=O)c1ccc(Nc2ncc3c(n2)N(C2CCCC2)CC(C)(C)C(=O)N3C)c(OC)c1.CNC(=O)c1ccc(Nc2ncc3c(n2)N(CC(C)(C)C)CC(C)(C)C(=O)N3C)c(OC)c1.COc1c(NC(=O)NC2CC(F)(F)C2)cccc1Nc1ncc2c(n1)N(C1CCCC1)CC(C)(C)C(=O)N2C. The third-order valence-electron chi connectivity index (χ3n) is 26.0. The molecule has 0 radical (unpaired) electrons. The van der Waals surface area contributed by atoms with Crippen molar-refractivity contribution >= 4 is 151 Å². The molecular formula is C98H129F4N25O11. The Balaban J connectivity index is 0.000000156. The van der Waals surface area contributed by atoms with Gasteiger partial charge in [0.1, 0.15) is 45.8 Å². The Kier molecular flexibility index (Phi) is 30.4. The average Bonchev–Trinajstić information content (AvgIpc) is 1.63. The van der Waals surface area contributed by atoms with Crippen LogP contribution in [0.5, 0.6) is 17.2 Å². The first-order valence-corrected chi connectivity index (χ1v) is 46.6. The zero-order valence-corrected chi connectivity index (χ0v) is 82.6. The lowest BCUT2D eigenvalue weighted by Crippen LogP contribution is -2.51. The van der Waals surface area contributed by atoms with Crippen LogP contribution in [-0.2, 0) is 24.0 Å². The topological polar surface area (TPSA) is 402 Å². The lowest BCUT2D eigenvalue weighted by molar-refractivity contribution is -0.126. The zero-order chi connectivity index (χ0) is 100. The molecule has 16 rings (SSSR count). The molecule has 4 aromatic heterocycles. The number of halogens is 4. The van der Waals surface area contributed by atoms with Gasteiger partial charge in [-0.1, -0.05) is 65.4 Å². The van der Waals surface area contributed by atoms with E-state index in [9.17, 15) is 55.9 Å². The summed E-state index contributed by atoms with van der Waals surface area (Å²) < 4.78 is 71.7. The van der Waals surface area contributed by atoms with Gasteiger partial charge in [0.25, 0.3) is 17.7 Å². The molecule has 138 heavy (non-hydrogen) atoms. The van der Waals surface area contributed by atoms with Crippen molar-refractivity contribution in [2.75, 3.05) is 167 Å². The Morgan fingerprint density at radius 3 is 1.16 bits per heavy atom. The average molecular weight is 1910 g/mol. The van der Waals surface area contributed by atoms with Gasteiger partial charge in [0, 0.05) is 130 Å². The summed E-state index contributed by atoms with van der Waals surface area (Å²) in [6.45, 7) is 26.2. The van der Waals surface area contributed by atoms with Gasteiger partial charge in [0.05, 0.1) is 96.2 Å². The quantitative estimate of drug-likeness (QED) is 0.0320. The van der Waals surface area contributed by atoms with E-state index in [0.29, 0.717) is 147 Å². The monoisotopic (exact) mass is 1910 g/mol. The highest BCUT2D eigenvalue weighted by Crippen LogP contribution is 2.48. The number of anilines is 18. The fourth-order valence-electron chi connectivity index (χ4n) is 19.0. The van der Waals surface area contributed by atoms with E-state index >= 15 is 0 Å². The Hall–Kier alpha value is -13.7. The van der Waals surface area contributed by atoms with Crippen molar-refractivity contribution in [2.45, 2.75) is 203 Å². The minimum Gasteiger partial charge on any atom is -0.495 e. The number of carbonyl (C=O) groups excluding carboxylic acids is 8. The number of carbonyl (C=O) groups is 8. The number of para-hydroxylation sites is 1. The van der Waals surface area contributed by atoms with Crippen molar-refractivity contribution in [1.29, 1.82) is 0 Å². The fourth-order valence-corrected chi connectivity index (χ4v) is 19.0. The minimum absolute atomic E-state index is 0.00322. The van der Waals surface area contributed by atoms with E-state index in [2.05, 4.69) is 113 Å². The van der Waals surface area contributed by atoms with E-state index in [1.807, 2.05) is 55.4 Å². The molecule has 9 amide bonds. The summed E-state index contributed by atoms with van der Waals surface area (Å²) >= 11 is 0. The van der Waals surface area contributed by atoms with Gasteiger partial charge in [-0.25, -0.2) is 42.3 Å². The van der Waals surface area contributed by atoms with Crippen LogP contribution in [0.3, 0.4) is 0 Å². The molecule has 9 N–H and O–H groups in total. The van der Waals surface area contributed by atoms with E-state index in [1.165, 1.54) is 32.9 Å². The molecule has 4 aliphatic heterocycles. The van der Waals surface area contributed by atoms with Crippen molar-refractivity contribution in [3.05, 3.63) is 114 Å². The van der Waals surface area contributed by atoms with Crippen LogP contribution < -0.4 is 101 Å². The third-order valence-corrected chi connectivity index (χ3v) is 26.0. The number of urea groups is 1. The fraction of sp³-hybridized carbons (Fsp3) is 0.510. The maximum Gasteiger partial charge on any atom is 0.319 e. The van der Waals surface area contributed by atoms with Gasteiger partial charge in [-0.2, -0.15) is 19.9 Å². The van der Waals surface area contributed by atoms with Crippen molar-refractivity contribution in [2.24, 2.45) is 27.1 Å². The molecule has 0 bridgehead atoms. The second-order valence-corrected chi connectivity index (χ2v) is 40.1. The number of nitrogens with zero attached hydrogens (tertiary/aromatic N) is 16. The number of alkyl halides is 2. The van der Waals surface area contributed by atoms with Crippen molar-refractivity contribution in [3.63, 3.8) is 0 Å². The highest BCUT2D eigenvalue weighted by molar-refractivity contribution is 6.05. The van der Waals surface area contributed by atoms with Crippen LogP contribution in [0.15, 0.2) is 91.5 Å². The molecule has 40 heteroatoms. The maximum absolute atomic E-state index is 14.9. The van der Waals surface area contributed by atoms with Gasteiger partial charge in [-0.15, -0.1) is 0 Å². The number of hydrogen-bond donors (Lipinski definition) is 9. The van der Waals surface area contributed by atoms with Crippen LogP contribution in [0.4, 0.5) is 126 Å². The first-order valence-electron chi connectivity index (χ1n) is 46.6. The van der Waals surface area contributed by atoms with Gasteiger partial charge in [-0.05, 0) is 160 Å². The number of hydrogen-bond acceptors (Lipinski definition) is 27. The van der Waals surface area contributed by atoms with Gasteiger partial charge >= 0.3 is 6.03 Å². The molecule has 0 atom stereocenters. The Bertz CT molecular complexity index is 5890. The van der Waals surface area contributed by atoms with Crippen LogP contribution in [0.25, 0.3) is 0 Å². The molecule has 4 aliphatic carbocycles. The Labute approximate surface area is 802 Å². The molecule has 8 aliphatic rings. The van der Waals surface area contributed by atoms with Crippen LogP contribution >= 0.6 is 0 Å². The van der Waals surface area contributed by atoms with Gasteiger partial charge in [0.15, 0.2) is 34.8 Å². The minimum atomic E-state index is -2.72. The molecule has 4 aromatic carbocycles. The standard InChI is InChI=1S/C27H35F2N7O3.C24H32N6O3.C24H34N6O3.C23H28F2N6O2/c1-26(2)15-36(17-8-5-6-9-17)22-20(35(3)23(26)37)14-30-24(34-22)32-18-10-7-11-19(21(18)39-4)33-25(38)31-16-12-27(28,29)13-16;1-24(2)14-30(16-8-6-7-9-16)20-18(29(4)22(24)32)13-26-23(28-20)27-17-11-10-15(21(31)25-3)12-19(17)33-5;1-23(2,3)13-30-14-24(4,5)21(32)29(7)17-12-26-22(28-19(17)30)27-16-10-9-15(20(31)25-6)11-18(16)33-8;1-13(32)27-19-15(24)9-10-16(18(19)25)28-22-26-11-17-20(29-22)31(14-7-5-6-8-14)12-23(2,3)21(33)30(17)4/h7,10-11,14,16-17H,5-6,8-9,12-13,15H2,1-4H3,(H,30,32,34)(H2,31,33,38);10-13,16H,6-9,14H2,1-5H3,(H,25,31)(H,26,27,28);9-12H,13-14H2,1-8H3,(H,25,31)(H,26,27,28);9-11,14H,5-8,12H2,1-4H3,(H,27,32)(H,26,28,29). The molecule has 740 valence electrons. The number of amides is 9. The van der Waals surface area contributed by atoms with Crippen molar-refractivity contribution in [1.82, 2.24) is 55.8 Å². The molecule has 4 fully saturated rings. The molecule has 0 saturated heterocycles. The highest BCUT2D eigenvalue weighted by atomic mass is 19.3. The molecule has 8 heterocycles. The van der Waals surface area contributed by atoms with Gasteiger partial charge < -0.3 is 101 Å². The lowest BCUT2D eigenvalue weighted by atomic mass is 9.88. The third kappa shape index (κ3) is 22.7. The van der Waals surface area contributed by atoms with Crippen LogP contribution in [0.1, 0.15) is 194 Å². The summed E-state index contributed by atoms with van der Waals surface area (Å²) in [4.78, 5) is 153. The number of nitrogens with one attached hydrogen (secondary N) is 9. The predicted molar refractivity (Wildman–Crippen MR) is 527 cm³/mol. The summed E-state index contributed by atoms with van der Waals surface area (Å²) in [5.74, 6) is -0.167. The van der Waals surface area contributed by atoms with Gasteiger partial charge in [-0.3, -0.25) is 33.6 Å². The van der Waals surface area contributed by atoms with Crippen LogP contribution in [0.2, 0.25) is 0 Å². The van der Waals surface area contributed by atoms with Gasteiger partial charge in [0.2, 0.25) is 53.3 Å². The molecule has 4 saturated carbocycles. The Morgan fingerprint density at radius 2 is 0.804 bits per heavy atom. The number of benzene rings is 4. The second kappa shape index (κ2) is 41.3. The molecule has 0 unspecified atom stereocenters. The lowest BCUT2D eigenvalue weighted by Gasteiger charge is -2.35. The summed E-state index contributed by atoms with van der Waals surface area (Å²) in [7, 11) is 14.7. The number of fused-ring (bicyclic) bond motifs is 4. The number of ether oxygens (including phenoxy) is 3. The van der Waals surface area contributed by atoms with E-state index in [0.717, 1.165) is 82.6 Å². The molecule has 8 aromatic rings. The summed E-state index contributed by atoms with van der Waals surface area (Å²) in [5.41, 5.74) is 2.81. The smallest absolute Gasteiger partial charge is 0.319 e. The van der Waals surface area contributed by atoms with E-state index in [-0.39, 0.29) is 71.4 Å². The highest BCUT2D eigenvalue weighted by Gasteiger charge is 2.49. The maximum atomic E-state index is 14.9. The van der Waals surface area contributed by atoms with E-state index in [4.69, 9.17) is 29.2 Å². The van der Waals surface area contributed by atoms with Crippen LogP contribution in [-0.4, -0.2) is 214 Å². The molecule has 0 spiro atoms. The summed E-state index contributed by atoms with van der Waals surface area (Å²) in [6.07, 6.45) is 19.0. The first-order chi connectivity index (χ1) is 65.2. The largest absolute Gasteiger partial charge is 0.495 e. The molecule has 36 nitrogen and oxygen atoms in total. The number of aromatic nitrogens is 8. The summed E-state index contributed by atoms with van der Waals surface area (Å²) in [5, 5.41) is 25.0.